The molecule has 0 bridgehead atoms. The van der Waals surface area contributed by atoms with Crippen LogP contribution in [0.25, 0.3) is 0 Å². The van der Waals surface area contributed by atoms with E-state index in [0.29, 0.717) is 13.0 Å². The number of rotatable bonds is 10. The molecule has 2 aliphatic rings. The van der Waals surface area contributed by atoms with E-state index in [4.69, 9.17) is 29.0 Å². The van der Waals surface area contributed by atoms with Gasteiger partial charge in [0.1, 0.15) is 6.10 Å². The molecule has 9 heteroatoms. The van der Waals surface area contributed by atoms with Crippen molar-refractivity contribution in [2.75, 3.05) is 13.2 Å². The highest BCUT2D eigenvalue weighted by Gasteiger charge is 2.44. The van der Waals surface area contributed by atoms with Crippen molar-refractivity contribution in [1.82, 2.24) is 0 Å². The highest BCUT2D eigenvalue weighted by atomic mass is 31.2. The van der Waals surface area contributed by atoms with Gasteiger partial charge in [-0.25, -0.2) is 4.57 Å². The molecule has 28 heavy (non-hydrogen) atoms. The van der Waals surface area contributed by atoms with Crippen LogP contribution in [0.5, 0.6) is 0 Å². The van der Waals surface area contributed by atoms with Gasteiger partial charge in [0.25, 0.3) is 0 Å². The fourth-order valence-corrected chi connectivity index (χ4v) is 4.92. The Morgan fingerprint density at radius 3 is 2.39 bits per heavy atom. The molecule has 1 heterocycles. The van der Waals surface area contributed by atoms with E-state index < -0.39 is 20.0 Å². The lowest BCUT2D eigenvalue weighted by molar-refractivity contribution is -0.0649. The Labute approximate surface area is 169 Å². The topological polar surface area (TPSA) is 109 Å². The van der Waals surface area contributed by atoms with Gasteiger partial charge in [0, 0.05) is 18.4 Å². The smallest absolute Gasteiger partial charge is 0.378 e. The normalized spacial score (nSPS) is 38.4. The molecular weight excluding hydrogens is 385 g/mol. The zero-order valence-corrected chi connectivity index (χ0v) is 18.8. The summed E-state index contributed by atoms with van der Waals surface area (Å²) in [5.41, 5.74) is 6.26. The lowest BCUT2D eigenvalue weighted by atomic mass is 10.0. The second kappa shape index (κ2) is 10.3. The van der Waals surface area contributed by atoms with E-state index in [-0.39, 0.29) is 48.9 Å². The molecule has 4 unspecified atom stereocenters. The quantitative estimate of drug-likeness (QED) is 0.516. The van der Waals surface area contributed by atoms with Crippen molar-refractivity contribution < 1.29 is 32.7 Å². The van der Waals surface area contributed by atoms with Crippen LogP contribution in [0.4, 0.5) is 0 Å². The molecule has 8 nitrogen and oxygen atoms in total. The molecule has 3 N–H and O–H groups in total. The van der Waals surface area contributed by atoms with Crippen LogP contribution in [0, 0.1) is 11.8 Å². The first-order valence-electron chi connectivity index (χ1n) is 10.3. The molecule has 0 radical (unpaired) electrons. The average molecular weight is 423 g/mol. The molecule has 1 saturated carbocycles. The third-order valence-corrected chi connectivity index (χ3v) is 6.37. The first kappa shape index (κ1) is 24.2. The van der Waals surface area contributed by atoms with Gasteiger partial charge in [0.15, 0.2) is 0 Å². The zero-order chi connectivity index (χ0) is 21.1. The molecule has 0 spiro atoms. The van der Waals surface area contributed by atoms with E-state index in [1.807, 2.05) is 41.5 Å². The number of phosphoric acid groups is 1. The van der Waals surface area contributed by atoms with E-state index >= 15 is 0 Å². The monoisotopic (exact) mass is 423 g/mol. The molecule has 166 valence electrons. The van der Waals surface area contributed by atoms with Gasteiger partial charge in [-0.15, -0.1) is 0 Å². The molecule has 8 atom stereocenters. The fourth-order valence-electron chi connectivity index (χ4n) is 3.94. The van der Waals surface area contributed by atoms with Gasteiger partial charge in [-0.3, -0.25) is 9.05 Å². The lowest BCUT2D eigenvalue weighted by Gasteiger charge is -2.26. The van der Waals surface area contributed by atoms with Gasteiger partial charge >= 0.3 is 7.82 Å². The maximum Gasteiger partial charge on any atom is 0.472 e. The average Bonchev–Trinajstić information content (AvgIpc) is 3.02. The van der Waals surface area contributed by atoms with Gasteiger partial charge < -0.3 is 24.8 Å². The van der Waals surface area contributed by atoms with Crippen LogP contribution < -0.4 is 5.73 Å². The Morgan fingerprint density at radius 2 is 1.79 bits per heavy atom. The zero-order valence-electron chi connectivity index (χ0n) is 17.9. The molecular formula is C19H38NO7P. The third kappa shape index (κ3) is 7.03. The number of phosphoric ester groups is 1. The molecule has 0 aromatic heterocycles. The highest BCUT2D eigenvalue weighted by Crippen LogP contribution is 2.49. The summed E-state index contributed by atoms with van der Waals surface area (Å²) < 4.78 is 40.7. The lowest BCUT2D eigenvalue weighted by Crippen LogP contribution is -2.37. The maximum absolute atomic E-state index is 12.6. The summed E-state index contributed by atoms with van der Waals surface area (Å²) in [6, 6.07) is -0.147. The first-order valence-corrected chi connectivity index (χ1v) is 11.8. The van der Waals surface area contributed by atoms with Crippen LogP contribution in [0.3, 0.4) is 0 Å². The van der Waals surface area contributed by atoms with Crippen LogP contribution >= 0.6 is 7.82 Å². The summed E-state index contributed by atoms with van der Waals surface area (Å²) in [7, 11) is -4.26. The summed E-state index contributed by atoms with van der Waals surface area (Å²) in [5.74, 6) is 0.0230. The summed E-state index contributed by atoms with van der Waals surface area (Å²) in [4.78, 5) is 10.3. The summed E-state index contributed by atoms with van der Waals surface area (Å²) in [5, 5.41) is 0. The van der Waals surface area contributed by atoms with Crippen molar-refractivity contribution in [3.8, 4) is 0 Å². The number of hydrogen-bond acceptors (Lipinski definition) is 7. The molecule has 1 aliphatic heterocycles. The minimum absolute atomic E-state index is 0.0163. The third-order valence-electron chi connectivity index (χ3n) is 5.36. The summed E-state index contributed by atoms with van der Waals surface area (Å²) >= 11 is 0. The van der Waals surface area contributed by atoms with Crippen LogP contribution in [0.15, 0.2) is 0 Å². The van der Waals surface area contributed by atoms with E-state index in [9.17, 15) is 9.46 Å². The van der Waals surface area contributed by atoms with Crippen molar-refractivity contribution in [3.63, 3.8) is 0 Å². The van der Waals surface area contributed by atoms with Crippen molar-refractivity contribution in [2.45, 2.75) is 97.0 Å². The maximum atomic E-state index is 12.6. The second-order valence-corrected chi connectivity index (χ2v) is 10.1. The van der Waals surface area contributed by atoms with E-state index in [1.54, 1.807) is 0 Å². The Kier molecular flexibility index (Phi) is 8.92. The second-order valence-electron chi connectivity index (χ2n) is 8.69. The van der Waals surface area contributed by atoms with Crippen molar-refractivity contribution in [1.29, 1.82) is 0 Å². The number of ether oxygens (including phenoxy) is 3. The Hall–Kier alpha value is -0.0500. The van der Waals surface area contributed by atoms with E-state index in [0.717, 1.165) is 6.42 Å². The van der Waals surface area contributed by atoms with E-state index in [2.05, 4.69) is 0 Å². The Bertz CT molecular complexity index is 532. The number of hydrogen-bond donors (Lipinski definition) is 2. The number of nitrogens with two attached hydrogens (primary N) is 1. The molecule has 2 fully saturated rings. The molecule has 0 aromatic rings. The van der Waals surface area contributed by atoms with Crippen molar-refractivity contribution >= 4 is 7.82 Å². The van der Waals surface area contributed by atoms with Gasteiger partial charge in [0.2, 0.25) is 0 Å². The molecule has 1 aliphatic carbocycles. The van der Waals surface area contributed by atoms with Crippen LogP contribution in [0.2, 0.25) is 0 Å². The van der Waals surface area contributed by atoms with Crippen molar-refractivity contribution in [3.05, 3.63) is 0 Å². The minimum atomic E-state index is -4.26. The highest BCUT2D eigenvalue weighted by molar-refractivity contribution is 7.47. The van der Waals surface area contributed by atoms with Crippen molar-refractivity contribution in [2.24, 2.45) is 17.6 Å². The largest absolute Gasteiger partial charge is 0.472 e. The standard InChI is InChI=1S/C19H38NO7P/c1-11(2)23-9-15-16(7-13(5)19(15)20)27-28(21,22)24-10-18-17(25-12(3)4)8-14(6)26-18/h11-19H,7-10,20H2,1-6H3,(H,21,22)/t13-,14-,15+,16+,17?,18?,19?/m0/s1. The van der Waals surface area contributed by atoms with E-state index in [1.165, 1.54) is 0 Å². The summed E-state index contributed by atoms with van der Waals surface area (Å²) in [6.45, 7) is 12.1. The van der Waals surface area contributed by atoms with Gasteiger partial charge in [-0.2, -0.15) is 0 Å². The molecule has 0 aromatic carbocycles. The van der Waals surface area contributed by atoms with Gasteiger partial charge in [0.05, 0.1) is 43.7 Å². The Balaban J connectivity index is 1.91. The van der Waals surface area contributed by atoms with Crippen LogP contribution in [0.1, 0.15) is 54.4 Å². The molecule has 1 saturated heterocycles. The van der Waals surface area contributed by atoms with Crippen LogP contribution in [-0.4, -0.2) is 60.8 Å². The minimum Gasteiger partial charge on any atom is -0.378 e. The SMILES string of the molecule is CC(C)OC[C@H]1C(N)[C@@H](C)C[C@H]1OP(=O)(O)OCC1O[C@@H](C)CC1OC(C)C. The predicted octanol–water partition coefficient (Wildman–Crippen LogP) is 2.87. The molecule has 0 amide bonds. The predicted molar refractivity (Wildman–Crippen MR) is 106 cm³/mol. The summed E-state index contributed by atoms with van der Waals surface area (Å²) in [6.07, 6.45) is 0.396. The first-order chi connectivity index (χ1) is 13.0. The van der Waals surface area contributed by atoms with Gasteiger partial charge in [-0.1, -0.05) is 6.92 Å². The molecule has 2 rings (SSSR count). The fraction of sp³-hybridized carbons (Fsp3) is 1.00. The van der Waals surface area contributed by atoms with Crippen LogP contribution in [-0.2, 0) is 27.8 Å². The van der Waals surface area contributed by atoms with Gasteiger partial charge in [-0.05, 0) is 47.0 Å². The Morgan fingerprint density at radius 1 is 1.11 bits per heavy atom.